The molecule has 0 saturated carbocycles. The summed E-state index contributed by atoms with van der Waals surface area (Å²) < 4.78 is 38.7. The van der Waals surface area contributed by atoms with Crippen LogP contribution >= 0.6 is 0 Å². The summed E-state index contributed by atoms with van der Waals surface area (Å²) in [6.45, 7) is 0. The quantitative estimate of drug-likeness (QED) is 0.478. The van der Waals surface area contributed by atoms with E-state index in [1.54, 1.807) is 0 Å². The van der Waals surface area contributed by atoms with E-state index in [9.17, 15) is 32.9 Å². The van der Waals surface area contributed by atoms with Gasteiger partial charge in [0, 0.05) is 6.07 Å². The lowest BCUT2D eigenvalue weighted by Crippen LogP contribution is -2.30. The fourth-order valence-electron chi connectivity index (χ4n) is 2.44. The summed E-state index contributed by atoms with van der Waals surface area (Å²) in [4.78, 5) is 35.2. The van der Waals surface area contributed by atoms with Gasteiger partial charge in [-0.05, 0) is 24.3 Å². The molecule has 1 aliphatic heterocycles. The fourth-order valence-corrected chi connectivity index (χ4v) is 2.44. The Bertz CT molecular complexity index is 858. The first-order chi connectivity index (χ1) is 11.2. The molecule has 3 rings (SSSR count). The Morgan fingerprint density at radius 1 is 0.958 bits per heavy atom. The zero-order valence-corrected chi connectivity index (χ0v) is 11.7. The second-order valence-corrected chi connectivity index (χ2v) is 4.95. The van der Waals surface area contributed by atoms with Crippen LogP contribution in [-0.4, -0.2) is 16.7 Å². The van der Waals surface area contributed by atoms with Crippen LogP contribution in [0, 0.1) is 10.1 Å². The summed E-state index contributed by atoms with van der Waals surface area (Å²) in [6.07, 6.45) is -4.78. The number of imide groups is 1. The van der Waals surface area contributed by atoms with Crippen LogP contribution < -0.4 is 4.90 Å². The predicted octanol–water partition coefficient (Wildman–Crippen LogP) is 3.41. The molecule has 9 heteroatoms. The summed E-state index contributed by atoms with van der Waals surface area (Å²) >= 11 is 0. The molecular weight excluding hydrogens is 329 g/mol. The average Bonchev–Trinajstić information content (AvgIpc) is 2.78. The Morgan fingerprint density at radius 3 is 1.96 bits per heavy atom. The van der Waals surface area contributed by atoms with Gasteiger partial charge in [-0.3, -0.25) is 19.7 Å². The first-order valence-corrected chi connectivity index (χ1v) is 6.55. The van der Waals surface area contributed by atoms with Gasteiger partial charge in [-0.2, -0.15) is 13.2 Å². The predicted molar refractivity (Wildman–Crippen MR) is 75.7 cm³/mol. The normalized spacial score (nSPS) is 14.0. The van der Waals surface area contributed by atoms with Crippen LogP contribution in [0.25, 0.3) is 0 Å². The third-order valence-electron chi connectivity index (χ3n) is 3.53. The minimum absolute atomic E-state index is 0.0193. The Labute approximate surface area is 132 Å². The zero-order valence-electron chi connectivity index (χ0n) is 11.7. The number of rotatable bonds is 2. The van der Waals surface area contributed by atoms with Gasteiger partial charge in [-0.15, -0.1) is 0 Å². The van der Waals surface area contributed by atoms with E-state index in [0.717, 1.165) is 0 Å². The maximum atomic E-state index is 12.9. The molecule has 0 spiro atoms. The number of nitrogens with zero attached hydrogens (tertiary/aromatic N) is 2. The van der Waals surface area contributed by atoms with E-state index in [-0.39, 0.29) is 11.1 Å². The summed E-state index contributed by atoms with van der Waals surface area (Å²) in [7, 11) is 0. The van der Waals surface area contributed by atoms with Crippen molar-refractivity contribution in [3.63, 3.8) is 0 Å². The molecule has 24 heavy (non-hydrogen) atoms. The van der Waals surface area contributed by atoms with Gasteiger partial charge in [0.2, 0.25) is 0 Å². The van der Waals surface area contributed by atoms with Crippen molar-refractivity contribution in [3.05, 3.63) is 69.3 Å². The van der Waals surface area contributed by atoms with Gasteiger partial charge < -0.3 is 0 Å². The van der Waals surface area contributed by atoms with Crippen molar-refractivity contribution < 1.29 is 27.7 Å². The van der Waals surface area contributed by atoms with Gasteiger partial charge in [-0.1, -0.05) is 12.1 Å². The van der Waals surface area contributed by atoms with Crippen LogP contribution in [-0.2, 0) is 6.18 Å². The molecule has 2 aromatic rings. The molecule has 2 aromatic carbocycles. The molecule has 0 aromatic heterocycles. The number of carbonyl (C=O) groups is 2. The Morgan fingerprint density at radius 2 is 1.50 bits per heavy atom. The SMILES string of the molecule is O=C1c2ccccc2C(=O)N1c1cc(C(F)(F)F)ccc1[N+](=O)[O-]. The summed E-state index contributed by atoms with van der Waals surface area (Å²) in [5, 5.41) is 11.1. The first-order valence-electron chi connectivity index (χ1n) is 6.55. The van der Waals surface area contributed by atoms with E-state index in [2.05, 4.69) is 0 Å². The van der Waals surface area contributed by atoms with E-state index in [4.69, 9.17) is 0 Å². The molecule has 0 radical (unpaired) electrons. The van der Waals surface area contributed by atoms with Crippen molar-refractivity contribution in [2.45, 2.75) is 6.18 Å². The van der Waals surface area contributed by atoms with Crippen LogP contribution in [0.2, 0.25) is 0 Å². The molecular formula is C15H7F3N2O4. The molecule has 0 N–H and O–H groups in total. The van der Waals surface area contributed by atoms with Crippen LogP contribution in [0.4, 0.5) is 24.5 Å². The summed E-state index contributed by atoms with van der Waals surface area (Å²) in [5.74, 6) is -1.81. The lowest BCUT2D eigenvalue weighted by molar-refractivity contribution is -0.384. The molecule has 1 aliphatic rings. The number of carbonyl (C=O) groups excluding carboxylic acids is 2. The molecule has 0 fully saturated rings. The Balaban J connectivity index is 2.21. The maximum absolute atomic E-state index is 12.9. The van der Waals surface area contributed by atoms with E-state index >= 15 is 0 Å². The molecule has 1 heterocycles. The van der Waals surface area contributed by atoms with Crippen molar-refractivity contribution in [1.29, 1.82) is 0 Å². The molecule has 6 nitrogen and oxygen atoms in total. The lowest BCUT2D eigenvalue weighted by Gasteiger charge is -2.16. The van der Waals surface area contributed by atoms with Crippen LogP contribution in [0.15, 0.2) is 42.5 Å². The minimum atomic E-state index is -4.78. The molecule has 0 atom stereocenters. The smallest absolute Gasteiger partial charge is 0.268 e. The van der Waals surface area contributed by atoms with E-state index < -0.39 is 39.9 Å². The van der Waals surface area contributed by atoms with Crippen molar-refractivity contribution in [2.24, 2.45) is 0 Å². The van der Waals surface area contributed by atoms with Crippen molar-refractivity contribution in [2.75, 3.05) is 4.90 Å². The number of halogens is 3. The number of benzene rings is 2. The van der Waals surface area contributed by atoms with E-state index in [1.165, 1.54) is 24.3 Å². The average molecular weight is 336 g/mol. The van der Waals surface area contributed by atoms with Gasteiger partial charge in [0.25, 0.3) is 17.5 Å². The van der Waals surface area contributed by atoms with Crippen LogP contribution in [0.3, 0.4) is 0 Å². The lowest BCUT2D eigenvalue weighted by atomic mass is 10.1. The highest BCUT2D eigenvalue weighted by Crippen LogP contribution is 2.39. The number of hydrogen-bond donors (Lipinski definition) is 0. The largest absolute Gasteiger partial charge is 0.416 e. The number of alkyl halides is 3. The van der Waals surface area contributed by atoms with E-state index in [0.29, 0.717) is 23.1 Å². The number of nitro benzene ring substituents is 1. The second kappa shape index (κ2) is 5.15. The number of fused-ring (bicyclic) bond motifs is 1. The molecule has 0 bridgehead atoms. The van der Waals surface area contributed by atoms with Gasteiger partial charge in [-0.25, -0.2) is 4.90 Å². The maximum Gasteiger partial charge on any atom is 0.416 e. The highest BCUT2D eigenvalue weighted by molar-refractivity contribution is 6.35. The monoisotopic (exact) mass is 336 g/mol. The van der Waals surface area contributed by atoms with Gasteiger partial charge in [0.05, 0.1) is 21.6 Å². The van der Waals surface area contributed by atoms with Crippen molar-refractivity contribution >= 4 is 23.2 Å². The van der Waals surface area contributed by atoms with Crippen molar-refractivity contribution in [1.82, 2.24) is 0 Å². The fraction of sp³-hybridized carbons (Fsp3) is 0.0667. The number of anilines is 1. The van der Waals surface area contributed by atoms with Crippen LogP contribution in [0.5, 0.6) is 0 Å². The number of hydrogen-bond acceptors (Lipinski definition) is 4. The molecule has 2 amide bonds. The highest BCUT2D eigenvalue weighted by Gasteiger charge is 2.41. The minimum Gasteiger partial charge on any atom is -0.268 e. The zero-order chi connectivity index (χ0) is 17.6. The Kier molecular flexibility index (Phi) is 3.36. The molecule has 0 aliphatic carbocycles. The third-order valence-corrected chi connectivity index (χ3v) is 3.53. The van der Waals surface area contributed by atoms with Gasteiger partial charge in [0.1, 0.15) is 5.69 Å². The first kappa shape index (κ1) is 15.7. The number of amides is 2. The van der Waals surface area contributed by atoms with Crippen molar-refractivity contribution in [3.8, 4) is 0 Å². The van der Waals surface area contributed by atoms with Gasteiger partial charge in [0.15, 0.2) is 0 Å². The third kappa shape index (κ3) is 2.30. The molecule has 122 valence electrons. The highest BCUT2D eigenvalue weighted by atomic mass is 19.4. The van der Waals surface area contributed by atoms with Crippen LogP contribution in [0.1, 0.15) is 26.3 Å². The topological polar surface area (TPSA) is 80.5 Å². The van der Waals surface area contributed by atoms with E-state index in [1.807, 2.05) is 0 Å². The molecule has 0 unspecified atom stereocenters. The standard InChI is InChI=1S/C15H7F3N2O4/c16-15(17,18)8-5-6-11(20(23)24)12(7-8)19-13(21)9-3-1-2-4-10(9)14(19)22/h1-7H. The number of nitro groups is 1. The second-order valence-electron chi connectivity index (χ2n) is 4.95. The van der Waals surface area contributed by atoms with Gasteiger partial charge >= 0.3 is 6.18 Å². The Hall–Kier alpha value is -3.23. The summed E-state index contributed by atoms with van der Waals surface area (Å²) in [5.41, 5.74) is -2.71. The summed E-state index contributed by atoms with van der Waals surface area (Å²) in [6, 6.07) is 7.20. The molecule has 0 saturated heterocycles.